The molecule has 1 aromatic carbocycles. The van der Waals surface area contributed by atoms with Crippen LogP contribution in [0.2, 0.25) is 5.02 Å². The zero-order chi connectivity index (χ0) is 12.3. The zero-order valence-electron chi connectivity index (χ0n) is 9.85. The monoisotopic (exact) mass is 254 g/mol. The molecule has 1 fully saturated rings. The molecular formula is C14H19ClO2. The third-order valence-corrected chi connectivity index (χ3v) is 4.04. The van der Waals surface area contributed by atoms with Crippen molar-refractivity contribution in [3.63, 3.8) is 0 Å². The highest BCUT2D eigenvalue weighted by Gasteiger charge is 2.32. The smallest absolute Gasteiger partial charge is 0.0637 e. The van der Waals surface area contributed by atoms with Crippen LogP contribution in [-0.4, -0.2) is 22.9 Å². The van der Waals surface area contributed by atoms with E-state index in [1.54, 1.807) is 0 Å². The van der Waals surface area contributed by atoms with E-state index in [0.717, 1.165) is 29.8 Å². The van der Waals surface area contributed by atoms with Crippen LogP contribution in [-0.2, 0) is 0 Å². The van der Waals surface area contributed by atoms with Crippen LogP contribution in [0.15, 0.2) is 24.3 Å². The summed E-state index contributed by atoms with van der Waals surface area (Å²) in [6, 6.07) is 7.74. The predicted molar refractivity (Wildman–Crippen MR) is 69.2 cm³/mol. The molecule has 1 saturated carbocycles. The molecule has 17 heavy (non-hydrogen) atoms. The van der Waals surface area contributed by atoms with E-state index in [9.17, 15) is 5.11 Å². The molecule has 3 unspecified atom stereocenters. The maximum absolute atomic E-state index is 10.3. The average molecular weight is 255 g/mol. The lowest BCUT2D eigenvalue weighted by atomic mass is 9.74. The van der Waals surface area contributed by atoms with E-state index in [2.05, 4.69) is 0 Å². The number of aliphatic hydroxyl groups is 2. The Kier molecular flexibility index (Phi) is 4.43. The Morgan fingerprint density at radius 3 is 2.53 bits per heavy atom. The predicted octanol–water partition coefficient (Wildman–Crippen LogP) is 2.97. The van der Waals surface area contributed by atoms with Gasteiger partial charge in [0.15, 0.2) is 0 Å². The van der Waals surface area contributed by atoms with Crippen molar-refractivity contribution in [2.24, 2.45) is 5.92 Å². The Labute approximate surface area is 107 Å². The van der Waals surface area contributed by atoms with Gasteiger partial charge in [-0.1, -0.05) is 30.2 Å². The van der Waals surface area contributed by atoms with E-state index in [-0.39, 0.29) is 24.5 Å². The van der Waals surface area contributed by atoms with Crippen molar-refractivity contribution >= 4 is 11.6 Å². The lowest BCUT2D eigenvalue weighted by Gasteiger charge is -2.35. The Morgan fingerprint density at radius 2 is 1.88 bits per heavy atom. The summed E-state index contributed by atoms with van der Waals surface area (Å²) in [5, 5.41) is 20.1. The third-order valence-electron chi connectivity index (χ3n) is 3.78. The highest BCUT2D eigenvalue weighted by atomic mass is 35.5. The molecule has 0 aliphatic heterocycles. The molecule has 0 bridgehead atoms. The fraction of sp³-hybridized carbons (Fsp3) is 0.571. The number of rotatable bonds is 3. The van der Waals surface area contributed by atoms with Crippen molar-refractivity contribution in [2.75, 3.05) is 6.61 Å². The van der Waals surface area contributed by atoms with Crippen molar-refractivity contribution in [1.82, 2.24) is 0 Å². The molecule has 1 aromatic rings. The van der Waals surface area contributed by atoms with Crippen molar-refractivity contribution in [3.05, 3.63) is 34.9 Å². The number of aliphatic hydroxyl groups excluding tert-OH is 2. The van der Waals surface area contributed by atoms with Crippen molar-refractivity contribution < 1.29 is 10.2 Å². The molecule has 94 valence electrons. The molecule has 1 aliphatic carbocycles. The van der Waals surface area contributed by atoms with Crippen LogP contribution in [0.3, 0.4) is 0 Å². The Hall–Kier alpha value is -0.570. The average Bonchev–Trinajstić information content (AvgIpc) is 2.34. The largest absolute Gasteiger partial charge is 0.396 e. The summed E-state index contributed by atoms with van der Waals surface area (Å²) in [6.45, 7) is 0.162. The number of halogens is 1. The minimum Gasteiger partial charge on any atom is -0.396 e. The Balaban J connectivity index is 2.11. The molecule has 3 atom stereocenters. The van der Waals surface area contributed by atoms with E-state index in [0.29, 0.717) is 6.42 Å². The summed E-state index contributed by atoms with van der Waals surface area (Å²) >= 11 is 5.87. The molecule has 0 amide bonds. The first-order chi connectivity index (χ1) is 8.22. The Morgan fingerprint density at radius 1 is 1.18 bits per heavy atom. The maximum atomic E-state index is 10.3. The molecule has 0 saturated heterocycles. The SMILES string of the molecule is OCCC1CCCC(c2ccc(Cl)cc2)C1O. The van der Waals surface area contributed by atoms with Crippen LogP contribution in [0.25, 0.3) is 0 Å². The van der Waals surface area contributed by atoms with E-state index in [1.165, 1.54) is 0 Å². The molecule has 2 N–H and O–H groups in total. The summed E-state index contributed by atoms with van der Waals surface area (Å²) in [5.74, 6) is 0.423. The number of hydrogen-bond donors (Lipinski definition) is 2. The van der Waals surface area contributed by atoms with Gasteiger partial charge >= 0.3 is 0 Å². The van der Waals surface area contributed by atoms with Crippen LogP contribution in [0.4, 0.5) is 0 Å². The molecule has 2 nitrogen and oxygen atoms in total. The topological polar surface area (TPSA) is 40.5 Å². The number of hydrogen-bond acceptors (Lipinski definition) is 2. The van der Waals surface area contributed by atoms with E-state index in [1.807, 2.05) is 24.3 Å². The van der Waals surface area contributed by atoms with Gasteiger partial charge in [-0.15, -0.1) is 0 Å². The van der Waals surface area contributed by atoms with Gasteiger partial charge in [-0.25, -0.2) is 0 Å². The first-order valence-electron chi connectivity index (χ1n) is 6.26. The van der Waals surface area contributed by atoms with Gasteiger partial charge in [-0.05, 0) is 42.9 Å². The lowest BCUT2D eigenvalue weighted by molar-refractivity contribution is 0.0361. The van der Waals surface area contributed by atoms with E-state index < -0.39 is 0 Å². The van der Waals surface area contributed by atoms with Gasteiger partial charge in [0, 0.05) is 17.5 Å². The Bertz CT molecular complexity index is 348. The first-order valence-corrected chi connectivity index (χ1v) is 6.64. The van der Waals surface area contributed by atoms with Crippen molar-refractivity contribution in [3.8, 4) is 0 Å². The van der Waals surface area contributed by atoms with E-state index >= 15 is 0 Å². The van der Waals surface area contributed by atoms with Gasteiger partial charge < -0.3 is 10.2 Å². The van der Waals surface area contributed by atoms with E-state index in [4.69, 9.17) is 16.7 Å². The van der Waals surface area contributed by atoms with Crippen LogP contribution in [0.5, 0.6) is 0 Å². The van der Waals surface area contributed by atoms with Gasteiger partial charge in [0.1, 0.15) is 0 Å². The third kappa shape index (κ3) is 3.01. The second kappa shape index (κ2) is 5.85. The summed E-state index contributed by atoms with van der Waals surface area (Å²) in [5.41, 5.74) is 1.16. The minimum absolute atomic E-state index is 0.162. The molecule has 0 aromatic heterocycles. The molecule has 1 aliphatic rings. The highest BCUT2D eigenvalue weighted by Crippen LogP contribution is 2.38. The van der Waals surface area contributed by atoms with Crippen LogP contribution in [0, 0.1) is 5.92 Å². The fourth-order valence-electron chi connectivity index (χ4n) is 2.82. The molecule has 2 rings (SSSR count). The number of benzene rings is 1. The van der Waals surface area contributed by atoms with Crippen molar-refractivity contribution in [2.45, 2.75) is 37.7 Å². The van der Waals surface area contributed by atoms with Gasteiger partial charge in [-0.3, -0.25) is 0 Å². The van der Waals surface area contributed by atoms with Crippen LogP contribution in [0.1, 0.15) is 37.2 Å². The van der Waals surface area contributed by atoms with Crippen molar-refractivity contribution in [1.29, 1.82) is 0 Å². The van der Waals surface area contributed by atoms with Gasteiger partial charge in [0.05, 0.1) is 6.10 Å². The molecular weight excluding hydrogens is 236 g/mol. The van der Waals surface area contributed by atoms with Crippen LogP contribution < -0.4 is 0 Å². The van der Waals surface area contributed by atoms with Gasteiger partial charge in [0.2, 0.25) is 0 Å². The second-order valence-electron chi connectivity index (χ2n) is 4.85. The van der Waals surface area contributed by atoms with Crippen LogP contribution >= 0.6 is 11.6 Å². The molecule has 0 spiro atoms. The normalized spacial score (nSPS) is 29.2. The molecule has 3 heteroatoms. The quantitative estimate of drug-likeness (QED) is 0.871. The molecule has 0 heterocycles. The summed E-state index contributed by atoms with van der Waals surface area (Å²) in [4.78, 5) is 0. The van der Waals surface area contributed by atoms with Gasteiger partial charge in [-0.2, -0.15) is 0 Å². The molecule has 0 radical (unpaired) electrons. The standard InChI is InChI=1S/C14H19ClO2/c15-12-6-4-10(5-7-12)13-3-1-2-11(8-9-16)14(13)17/h4-7,11,13-14,16-17H,1-3,8-9H2. The summed E-state index contributed by atoms with van der Waals surface area (Å²) < 4.78 is 0. The second-order valence-corrected chi connectivity index (χ2v) is 5.29. The maximum Gasteiger partial charge on any atom is 0.0637 e. The lowest BCUT2D eigenvalue weighted by Crippen LogP contribution is -2.32. The summed E-state index contributed by atoms with van der Waals surface area (Å²) in [6.07, 6.45) is 3.52. The minimum atomic E-state index is -0.336. The zero-order valence-corrected chi connectivity index (χ0v) is 10.6. The highest BCUT2D eigenvalue weighted by molar-refractivity contribution is 6.30. The fourth-order valence-corrected chi connectivity index (χ4v) is 2.95. The first kappa shape index (κ1) is 12.9. The summed E-state index contributed by atoms with van der Waals surface area (Å²) in [7, 11) is 0. The van der Waals surface area contributed by atoms with Gasteiger partial charge in [0.25, 0.3) is 0 Å².